The molecule has 21 nitrogen and oxygen atoms in total. The molecule has 5 unspecified atom stereocenters. The van der Waals surface area contributed by atoms with Gasteiger partial charge in [-0.2, -0.15) is 5.48 Å². The summed E-state index contributed by atoms with van der Waals surface area (Å²) in [4.78, 5) is 77.6. The van der Waals surface area contributed by atoms with Gasteiger partial charge in [0.2, 0.25) is 18.3 Å². The fourth-order valence-corrected chi connectivity index (χ4v) is 4.73. The van der Waals surface area contributed by atoms with Crippen LogP contribution in [0.3, 0.4) is 0 Å². The number of aliphatic hydroxyl groups excluding tert-OH is 1. The molecule has 1 saturated heterocycles. The van der Waals surface area contributed by atoms with E-state index in [0.29, 0.717) is 19.8 Å². The lowest BCUT2D eigenvalue weighted by Gasteiger charge is -2.43. The molecular formula is C35H52N2O19. The second-order valence-corrected chi connectivity index (χ2v) is 12.7. The largest absolute Gasteiger partial charge is 0.467 e. The summed E-state index contributed by atoms with van der Waals surface area (Å²) >= 11 is 0. The lowest BCUT2D eigenvalue weighted by atomic mass is 9.97. The van der Waals surface area contributed by atoms with Gasteiger partial charge in [-0.3, -0.25) is 24.0 Å². The quantitative estimate of drug-likeness (QED) is 0.0596. The highest BCUT2D eigenvalue weighted by atomic mass is 16.7. The zero-order valence-electron chi connectivity index (χ0n) is 32.5. The van der Waals surface area contributed by atoms with Crippen LogP contribution in [-0.4, -0.2) is 144 Å². The van der Waals surface area contributed by atoms with Gasteiger partial charge in [0.15, 0.2) is 18.3 Å². The number of methoxy groups -OCH3 is 1. The highest BCUT2D eigenvalue weighted by molar-refractivity contribution is 5.91. The summed E-state index contributed by atoms with van der Waals surface area (Å²) in [5.41, 5.74) is 1.93. The first-order chi connectivity index (χ1) is 26.5. The highest BCUT2D eigenvalue weighted by Crippen LogP contribution is 2.33. The molecule has 2 amide bonds. The Morgan fingerprint density at radius 2 is 1.29 bits per heavy atom. The van der Waals surface area contributed by atoms with Crippen LogP contribution in [0.15, 0.2) is 18.2 Å². The Morgan fingerprint density at radius 3 is 1.82 bits per heavy atom. The number of hydrogen-bond acceptors (Lipinski definition) is 19. The summed E-state index contributed by atoms with van der Waals surface area (Å²) in [6.07, 6.45) is -8.73. The van der Waals surface area contributed by atoms with Crippen LogP contribution < -0.4 is 15.5 Å². The lowest BCUT2D eigenvalue weighted by molar-refractivity contribution is -0.282. The van der Waals surface area contributed by atoms with Gasteiger partial charge in [0.1, 0.15) is 18.0 Å². The summed E-state index contributed by atoms with van der Waals surface area (Å²) in [6, 6.07) is 4.20. The maximum absolute atomic E-state index is 12.7. The van der Waals surface area contributed by atoms with E-state index in [1.165, 1.54) is 18.2 Å². The van der Waals surface area contributed by atoms with E-state index in [1.54, 1.807) is 20.8 Å². The minimum atomic E-state index is -1.68. The molecule has 316 valence electrons. The molecule has 5 atom stereocenters. The van der Waals surface area contributed by atoms with Crippen LogP contribution in [0, 0.1) is 0 Å². The number of carbonyl (C=O) groups is 6. The van der Waals surface area contributed by atoms with E-state index in [-0.39, 0.29) is 56.6 Å². The summed E-state index contributed by atoms with van der Waals surface area (Å²) in [7, 11) is 1.05. The fourth-order valence-electron chi connectivity index (χ4n) is 4.73. The first kappa shape index (κ1) is 47.5. The molecule has 1 aliphatic heterocycles. The molecule has 0 aromatic heterocycles. The van der Waals surface area contributed by atoms with Gasteiger partial charge in [-0.05, 0) is 39.0 Å². The minimum absolute atomic E-state index is 0.0204. The Kier molecular flexibility index (Phi) is 21.0. The standard InChI is InChI=1S/C35H52N2O19/c1-21(39)51-28-29(52-22(2)40)31(53-23(3)41)33(55-30(28)32(43)45-7)54-26-9-8-25(18-24(26)19-38)36-27(42)20-49-15-14-47-11-10-46-12-13-48-16-17-50-37-34(44)56-35(4,5)6/h8-9,18,28-31,33,38H,10-17,19-20H2,1-7H3,(H,36,42)(H,37,44). The Labute approximate surface area is 323 Å². The van der Waals surface area contributed by atoms with Crippen molar-refractivity contribution in [1.29, 1.82) is 0 Å². The molecule has 1 aromatic carbocycles. The number of hydrogen-bond donors (Lipinski definition) is 3. The van der Waals surface area contributed by atoms with E-state index in [9.17, 15) is 33.9 Å². The van der Waals surface area contributed by atoms with Crippen molar-refractivity contribution < 1.29 is 90.8 Å². The Morgan fingerprint density at radius 1 is 0.750 bits per heavy atom. The number of rotatable bonds is 23. The molecule has 3 N–H and O–H groups in total. The zero-order chi connectivity index (χ0) is 41.7. The minimum Gasteiger partial charge on any atom is -0.467 e. The van der Waals surface area contributed by atoms with Gasteiger partial charge < -0.3 is 62.5 Å². The molecule has 0 spiro atoms. The zero-order valence-corrected chi connectivity index (χ0v) is 32.5. The Balaban J connectivity index is 1.80. The van der Waals surface area contributed by atoms with E-state index >= 15 is 0 Å². The van der Waals surface area contributed by atoms with Crippen molar-refractivity contribution >= 4 is 41.6 Å². The predicted octanol–water partition coefficient (Wildman–Crippen LogP) is 0.712. The second-order valence-electron chi connectivity index (χ2n) is 12.7. The molecule has 0 radical (unpaired) electrons. The van der Waals surface area contributed by atoms with Gasteiger partial charge in [-0.1, -0.05) is 0 Å². The highest BCUT2D eigenvalue weighted by Gasteiger charge is 2.56. The third-order valence-corrected chi connectivity index (χ3v) is 6.83. The van der Waals surface area contributed by atoms with Gasteiger partial charge in [0, 0.05) is 32.0 Å². The normalized spacial score (nSPS) is 19.2. The number of esters is 4. The SMILES string of the molecule is COC(=O)C1OC(Oc2ccc(NC(=O)COCCOCCOCCOCCONC(=O)OC(C)(C)C)cc2CO)C(OC(C)=O)C(OC(C)=O)C1OC(C)=O. The summed E-state index contributed by atoms with van der Waals surface area (Å²) in [6.45, 7) is 9.38. The molecular weight excluding hydrogens is 752 g/mol. The van der Waals surface area contributed by atoms with Crippen LogP contribution in [0.2, 0.25) is 0 Å². The number of ether oxygens (including phenoxy) is 11. The summed E-state index contributed by atoms with van der Waals surface area (Å²) in [5.74, 6) is -4.11. The lowest BCUT2D eigenvalue weighted by Crippen LogP contribution is -2.64. The van der Waals surface area contributed by atoms with Crippen molar-refractivity contribution in [3.05, 3.63) is 23.8 Å². The first-order valence-corrected chi connectivity index (χ1v) is 17.4. The number of anilines is 1. The van der Waals surface area contributed by atoms with Gasteiger partial charge in [-0.15, -0.1) is 0 Å². The fraction of sp³-hybridized carbons (Fsp3) is 0.657. The van der Waals surface area contributed by atoms with Crippen molar-refractivity contribution in [1.82, 2.24) is 5.48 Å². The first-order valence-electron chi connectivity index (χ1n) is 17.4. The number of benzene rings is 1. The van der Waals surface area contributed by atoms with E-state index in [0.717, 1.165) is 27.9 Å². The molecule has 56 heavy (non-hydrogen) atoms. The van der Waals surface area contributed by atoms with Gasteiger partial charge in [-0.25, -0.2) is 9.59 Å². The van der Waals surface area contributed by atoms with E-state index in [1.807, 2.05) is 0 Å². The monoisotopic (exact) mass is 804 g/mol. The Hall–Kier alpha value is -4.64. The van der Waals surface area contributed by atoms with Crippen molar-refractivity contribution in [3.8, 4) is 5.75 Å². The van der Waals surface area contributed by atoms with E-state index in [2.05, 4.69) is 10.8 Å². The number of aliphatic hydroxyl groups is 1. The topological polar surface area (TPSA) is 257 Å². The molecule has 1 aromatic rings. The van der Waals surface area contributed by atoms with Crippen molar-refractivity contribution in [2.45, 2.75) is 84.5 Å². The molecule has 1 aliphatic rings. The van der Waals surface area contributed by atoms with Gasteiger partial charge in [0.25, 0.3) is 0 Å². The van der Waals surface area contributed by atoms with Crippen LogP contribution in [0.25, 0.3) is 0 Å². The number of nitrogens with one attached hydrogen (secondary N) is 2. The molecule has 0 saturated carbocycles. The van der Waals surface area contributed by atoms with Crippen molar-refractivity contribution in [2.24, 2.45) is 0 Å². The van der Waals surface area contributed by atoms with Crippen molar-refractivity contribution in [2.75, 3.05) is 71.9 Å². The third-order valence-electron chi connectivity index (χ3n) is 6.83. The van der Waals surface area contributed by atoms with Crippen LogP contribution in [0.5, 0.6) is 5.75 Å². The number of hydroxylamine groups is 1. The summed E-state index contributed by atoms with van der Waals surface area (Å²) < 4.78 is 58.9. The van der Waals surface area contributed by atoms with Crippen LogP contribution in [-0.2, 0) is 82.8 Å². The molecule has 2 rings (SSSR count). The molecule has 1 heterocycles. The molecule has 21 heteroatoms. The van der Waals surface area contributed by atoms with E-state index in [4.69, 9.17) is 56.9 Å². The average molecular weight is 805 g/mol. The average Bonchev–Trinajstić information content (AvgIpc) is 3.11. The van der Waals surface area contributed by atoms with Gasteiger partial charge >= 0.3 is 30.0 Å². The number of carbonyl (C=O) groups excluding carboxylic acids is 6. The molecule has 1 fully saturated rings. The van der Waals surface area contributed by atoms with Crippen LogP contribution >= 0.6 is 0 Å². The second kappa shape index (κ2) is 24.8. The van der Waals surface area contributed by atoms with Crippen molar-refractivity contribution in [3.63, 3.8) is 0 Å². The smallest absolute Gasteiger partial charge is 0.431 e. The van der Waals surface area contributed by atoms with Crippen LogP contribution in [0.4, 0.5) is 10.5 Å². The Bertz CT molecular complexity index is 1430. The molecule has 0 aliphatic carbocycles. The predicted molar refractivity (Wildman–Crippen MR) is 188 cm³/mol. The summed E-state index contributed by atoms with van der Waals surface area (Å²) in [5, 5.41) is 12.7. The molecule has 0 bridgehead atoms. The van der Waals surface area contributed by atoms with Gasteiger partial charge in [0.05, 0.1) is 66.6 Å². The maximum atomic E-state index is 12.7. The number of amides is 2. The maximum Gasteiger partial charge on any atom is 0.431 e. The van der Waals surface area contributed by atoms with E-state index < -0.39 is 78.8 Å². The van der Waals surface area contributed by atoms with Crippen LogP contribution in [0.1, 0.15) is 47.1 Å². The third kappa shape index (κ3) is 18.3.